The molecule has 0 radical (unpaired) electrons. The molecular weight excluding hydrogens is 266 g/mol. The maximum absolute atomic E-state index is 5.42. The van der Waals surface area contributed by atoms with Gasteiger partial charge in [0.25, 0.3) is 0 Å². The lowest BCUT2D eigenvalue weighted by Gasteiger charge is -2.23. The van der Waals surface area contributed by atoms with Crippen LogP contribution in [0.4, 0.5) is 11.6 Å². The lowest BCUT2D eigenvalue weighted by molar-refractivity contribution is 0.128. The average molecular weight is 293 g/mol. The number of likely N-dealkylation sites (tertiary alicyclic amines) is 1. The van der Waals surface area contributed by atoms with E-state index in [4.69, 9.17) is 4.74 Å². The van der Waals surface area contributed by atoms with E-state index in [-0.39, 0.29) is 0 Å². The van der Waals surface area contributed by atoms with E-state index in [1.807, 2.05) is 20.0 Å². The van der Waals surface area contributed by atoms with E-state index in [0.29, 0.717) is 13.2 Å². The van der Waals surface area contributed by atoms with Gasteiger partial charge in [0.15, 0.2) is 5.82 Å². The number of nitrogens with zero attached hydrogens (tertiary/aromatic N) is 4. The molecule has 2 heterocycles. The Hall–Kier alpha value is -1.40. The number of rotatable bonds is 8. The Bertz CT molecular complexity index is 434. The highest BCUT2D eigenvalue weighted by Crippen LogP contribution is 2.15. The number of nitrogens with one attached hydrogen (secondary N) is 1. The molecule has 21 heavy (non-hydrogen) atoms. The zero-order chi connectivity index (χ0) is 15.1. The molecule has 1 aromatic rings. The molecule has 2 rings (SSSR count). The Morgan fingerprint density at radius 3 is 2.76 bits per heavy atom. The first-order valence-corrected chi connectivity index (χ1v) is 7.80. The minimum Gasteiger partial charge on any atom is -0.374 e. The summed E-state index contributed by atoms with van der Waals surface area (Å²) in [6, 6.07) is 1.99. The predicted molar refractivity (Wildman–Crippen MR) is 85.9 cm³/mol. The van der Waals surface area contributed by atoms with Gasteiger partial charge in [0.05, 0.1) is 0 Å². The van der Waals surface area contributed by atoms with Crippen LogP contribution in [0.1, 0.15) is 25.6 Å². The summed E-state index contributed by atoms with van der Waals surface area (Å²) in [7, 11) is 3.96. The Kier molecular flexibility index (Phi) is 6.20. The van der Waals surface area contributed by atoms with Gasteiger partial charge in [-0.3, -0.25) is 0 Å². The van der Waals surface area contributed by atoms with Crippen LogP contribution in [-0.4, -0.2) is 61.7 Å². The highest BCUT2D eigenvalue weighted by Gasteiger charge is 2.13. The first-order valence-electron chi connectivity index (χ1n) is 7.80. The second kappa shape index (κ2) is 8.14. The lowest BCUT2D eigenvalue weighted by atomic mass is 10.4. The van der Waals surface area contributed by atoms with Crippen LogP contribution in [-0.2, 0) is 11.3 Å². The van der Waals surface area contributed by atoms with Crippen LogP contribution in [0.2, 0.25) is 0 Å². The van der Waals surface area contributed by atoms with Crippen LogP contribution >= 0.6 is 0 Å². The SMILES string of the molecule is CCOCc1nc(NC)cc(N(C)CCN2CCCC2)n1. The molecule has 0 aromatic carbocycles. The normalized spacial score (nSPS) is 15.4. The van der Waals surface area contributed by atoms with E-state index in [2.05, 4.69) is 32.1 Å². The number of ether oxygens (including phenoxy) is 1. The summed E-state index contributed by atoms with van der Waals surface area (Å²) in [6.07, 6.45) is 2.67. The minimum atomic E-state index is 0.457. The molecule has 1 N–H and O–H groups in total. The molecular formula is C15H27N5O. The van der Waals surface area contributed by atoms with Crippen molar-refractivity contribution < 1.29 is 4.74 Å². The van der Waals surface area contributed by atoms with Crippen LogP contribution in [0.5, 0.6) is 0 Å². The van der Waals surface area contributed by atoms with E-state index in [9.17, 15) is 0 Å². The topological polar surface area (TPSA) is 53.5 Å². The first kappa shape index (κ1) is 16.0. The van der Waals surface area contributed by atoms with Crippen molar-refractivity contribution in [2.24, 2.45) is 0 Å². The number of hydrogen-bond donors (Lipinski definition) is 1. The average Bonchev–Trinajstić information content (AvgIpc) is 3.03. The van der Waals surface area contributed by atoms with Gasteiger partial charge in [-0.15, -0.1) is 0 Å². The number of hydrogen-bond acceptors (Lipinski definition) is 6. The van der Waals surface area contributed by atoms with Crippen molar-refractivity contribution >= 4 is 11.6 Å². The lowest BCUT2D eigenvalue weighted by Crippen LogP contribution is -2.32. The largest absolute Gasteiger partial charge is 0.374 e. The fourth-order valence-corrected chi connectivity index (χ4v) is 2.48. The van der Waals surface area contributed by atoms with Gasteiger partial charge in [0.2, 0.25) is 0 Å². The van der Waals surface area contributed by atoms with Gasteiger partial charge < -0.3 is 19.9 Å². The quantitative estimate of drug-likeness (QED) is 0.785. The number of anilines is 2. The zero-order valence-corrected chi connectivity index (χ0v) is 13.4. The second-order valence-corrected chi connectivity index (χ2v) is 5.39. The Labute approximate surface area is 127 Å². The van der Waals surface area contributed by atoms with Crippen molar-refractivity contribution in [1.29, 1.82) is 0 Å². The molecule has 6 nitrogen and oxygen atoms in total. The Morgan fingerprint density at radius 2 is 2.10 bits per heavy atom. The van der Waals surface area contributed by atoms with Gasteiger partial charge >= 0.3 is 0 Å². The van der Waals surface area contributed by atoms with Crippen molar-refractivity contribution in [2.75, 3.05) is 57.1 Å². The molecule has 1 fully saturated rings. The molecule has 0 unspecified atom stereocenters. The van der Waals surface area contributed by atoms with Crippen molar-refractivity contribution in [2.45, 2.75) is 26.4 Å². The summed E-state index contributed by atoms with van der Waals surface area (Å²) in [5.74, 6) is 2.51. The maximum Gasteiger partial charge on any atom is 0.158 e. The minimum absolute atomic E-state index is 0.457. The summed E-state index contributed by atoms with van der Waals surface area (Å²) in [5, 5.41) is 3.09. The molecule has 1 aliphatic rings. The van der Waals surface area contributed by atoms with Gasteiger partial charge in [-0.2, -0.15) is 0 Å². The third kappa shape index (κ3) is 4.82. The van der Waals surface area contributed by atoms with E-state index in [0.717, 1.165) is 30.5 Å². The number of aromatic nitrogens is 2. The fraction of sp³-hybridized carbons (Fsp3) is 0.733. The second-order valence-electron chi connectivity index (χ2n) is 5.39. The summed E-state index contributed by atoms with van der Waals surface area (Å²) in [5.41, 5.74) is 0. The molecule has 1 aliphatic heterocycles. The van der Waals surface area contributed by atoms with Gasteiger partial charge in [-0.05, 0) is 32.9 Å². The Morgan fingerprint density at radius 1 is 1.33 bits per heavy atom. The molecule has 0 atom stereocenters. The molecule has 118 valence electrons. The van der Waals surface area contributed by atoms with Gasteiger partial charge in [-0.1, -0.05) is 0 Å². The summed E-state index contributed by atoms with van der Waals surface area (Å²) in [4.78, 5) is 13.7. The van der Waals surface area contributed by atoms with Crippen molar-refractivity contribution in [3.63, 3.8) is 0 Å². The highest BCUT2D eigenvalue weighted by atomic mass is 16.5. The van der Waals surface area contributed by atoms with E-state index >= 15 is 0 Å². The van der Waals surface area contributed by atoms with Crippen LogP contribution in [0.3, 0.4) is 0 Å². The monoisotopic (exact) mass is 293 g/mol. The van der Waals surface area contributed by atoms with Crippen LogP contribution in [0, 0.1) is 0 Å². The number of likely N-dealkylation sites (N-methyl/N-ethyl adjacent to an activating group) is 1. The predicted octanol–water partition coefficient (Wildman–Crippen LogP) is 1.59. The van der Waals surface area contributed by atoms with E-state index in [1.165, 1.54) is 25.9 Å². The molecule has 0 aliphatic carbocycles. The molecule has 1 saturated heterocycles. The molecule has 0 bridgehead atoms. The van der Waals surface area contributed by atoms with Crippen molar-refractivity contribution in [1.82, 2.24) is 14.9 Å². The summed E-state index contributed by atoms with van der Waals surface area (Å²) >= 11 is 0. The van der Waals surface area contributed by atoms with E-state index in [1.54, 1.807) is 0 Å². The Balaban J connectivity index is 1.98. The first-order chi connectivity index (χ1) is 10.2. The zero-order valence-electron chi connectivity index (χ0n) is 13.4. The van der Waals surface area contributed by atoms with Gasteiger partial charge in [0.1, 0.15) is 18.2 Å². The van der Waals surface area contributed by atoms with E-state index < -0.39 is 0 Å². The van der Waals surface area contributed by atoms with Crippen molar-refractivity contribution in [3.8, 4) is 0 Å². The fourth-order valence-electron chi connectivity index (χ4n) is 2.48. The molecule has 0 amide bonds. The maximum atomic E-state index is 5.42. The van der Waals surface area contributed by atoms with Crippen molar-refractivity contribution in [3.05, 3.63) is 11.9 Å². The third-order valence-corrected chi connectivity index (χ3v) is 3.79. The smallest absolute Gasteiger partial charge is 0.158 e. The van der Waals surface area contributed by atoms with Crippen LogP contribution < -0.4 is 10.2 Å². The molecule has 1 aromatic heterocycles. The standard InChI is InChI=1S/C15H27N5O/c1-4-21-12-14-17-13(16-2)11-15(18-14)19(3)9-10-20-7-5-6-8-20/h11H,4-10,12H2,1-3H3,(H,16,17,18). The molecule has 0 saturated carbocycles. The van der Waals surface area contributed by atoms with Crippen LogP contribution in [0.15, 0.2) is 6.07 Å². The third-order valence-electron chi connectivity index (χ3n) is 3.79. The van der Waals surface area contributed by atoms with Gasteiger partial charge in [-0.25, -0.2) is 9.97 Å². The summed E-state index contributed by atoms with van der Waals surface area (Å²) in [6.45, 7) is 7.64. The highest BCUT2D eigenvalue weighted by molar-refractivity contribution is 5.48. The molecule has 0 spiro atoms. The van der Waals surface area contributed by atoms with Crippen LogP contribution in [0.25, 0.3) is 0 Å². The van der Waals surface area contributed by atoms with Gasteiger partial charge in [0, 0.05) is 39.9 Å². The molecule has 6 heteroatoms. The summed E-state index contributed by atoms with van der Waals surface area (Å²) < 4.78 is 5.42.